The summed E-state index contributed by atoms with van der Waals surface area (Å²) in [5.41, 5.74) is 10.6. The predicted octanol–water partition coefficient (Wildman–Crippen LogP) is 13.6. The molecule has 57 heavy (non-hydrogen) atoms. The highest BCUT2D eigenvalue weighted by Crippen LogP contribution is 2.46. The molecule has 13 rings (SSSR count). The highest BCUT2D eigenvalue weighted by Gasteiger charge is 2.24. The van der Waals surface area contributed by atoms with Gasteiger partial charge in [0.05, 0.1) is 38.7 Å². The fourth-order valence-electron chi connectivity index (χ4n) is 9.48. The molecule has 3 aromatic heterocycles. The maximum atomic E-state index is 6.28. The van der Waals surface area contributed by atoms with Gasteiger partial charge in [-0.1, -0.05) is 115 Å². The van der Waals surface area contributed by atoms with Crippen molar-refractivity contribution in [3.63, 3.8) is 0 Å². The molecular formula is C52H30N4O. The Morgan fingerprint density at radius 3 is 1.98 bits per heavy atom. The lowest BCUT2D eigenvalue weighted by atomic mass is 9.96. The summed E-state index contributed by atoms with van der Waals surface area (Å²) in [5.74, 6) is 2.28. The summed E-state index contributed by atoms with van der Waals surface area (Å²) in [6.45, 7) is 0. The summed E-state index contributed by atoms with van der Waals surface area (Å²) in [7, 11) is 0. The molecule has 1 aliphatic heterocycles. The van der Waals surface area contributed by atoms with E-state index in [1.54, 1.807) is 0 Å². The normalized spacial score (nSPS) is 12.4. The number of hydrogen-bond donors (Lipinski definition) is 0. The van der Waals surface area contributed by atoms with Crippen LogP contribution in [0.15, 0.2) is 182 Å². The first-order valence-electron chi connectivity index (χ1n) is 19.3. The molecule has 0 fully saturated rings. The van der Waals surface area contributed by atoms with Crippen LogP contribution in [-0.2, 0) is 0 Å². The molecule has 12 aromatic rings. The van der Waals surface area contributed by atoms with Crippen molar-refractivity contribution >= 4 is 76.1 Å². The maximum Gasteiger partial charge on any atom is 0.160 e. The zero-order valence-electron chi connectivity index (χ0n) is 30.5. The van der Waals surface area contributed by atoms with E-state index in [1.165, 1.54) is 54.1 Å². The molecule has 4 heterocycles. The van der Waals surface area contributed by atoms with Crippen molar-refractivity contribution in [2.75, 3.05) is 0 Å². The van der Waals surface area contributed by atoms with Gasteiger partial charge in [-0.15, -0.1) is 0 Å². The molecule has 0 atom stereocenters. The molecule has 0 bridgehead atoms. The molecule has 1 aliphatic rings. The first-order valence-corrected chi connectivity index (χ1v) is 19.3. The number of para-hydroxylation sites is 4. The number of nitrogens with zero attached hydrogens (tertiary/aromatic N) is 4. The van der Waals surface area contributed by atoms with Crippen LogP contribution >= 0.6 is 0 Å². The average molecular weight is 727 g/mol. The Hall–Kier alpha value is -7.76. The third-order valence-corrected chi connectivity index (χ3v) is 11.9. The average Bonchev–Trinajstić information content (AvgIpc) is 3.80. The van der Waals surface area contributed by atoms with Gasteiger partial charge >= 0.3 is 0 Å². The number of benzene rings is 9. The van der Waals surface area contributed by atoms with Gasteiger partial charge in [-0.25, -0.2) is 9.97 Å². The van der Waals surface area contributed by atoms with E-state index in [0.29, 0.717) is 5.82 Å². The van der Waals surface area contributed by atoms with Crippen LogP contribution in [0.2, 0.25) is 0 Å². The number of ether oxygens (including phenoxy) is 1. The largest absolute Gasteiger partial charge is 0.456 e. The SMILES string of the molecule is c1ccc(-n2c3ccccc3c3ccc4ccc5c(ccc6c5c5ccccc5n6-c5cccc(-c6nc7c8c(cccc8n6)Oc6ccccc6-7)c5)c4c32)cc1. The van der Waals surface area contributed by atoms with Gasteiger partial charge in [0.2, 0.25) is 0 Å². The Bertz CT molecular complexity index is 3670. The van der Waals surface area contributed by atoms with Crippen molar-refractivity contribution in [3.05, 3.63) is 182 Å². The minimum absolute atomic E-state index is 0.684. The van der Waals surface area contributed by atoms with Crippen molar-refractivity contribution in [2.24, 2.45) is 0 Å². The summed E-state index contributed by atoms with van der Waals surface area (Å²) < 4.78 is 11.1. The molecule has 0 unspecified atom stereocenters. The van der Waals surface area contributed by atoms with Crippen molar-refractivity contribution in [1.82, 2.24) is 19.1 Å². The number of aromatic nitrogens is 4. The van der Waals surface area contributed by atoms with E-state index in [9.17, 15) is 0 Å². The summed E-state index contributed by atoms with van der Waals surface area (Å²) in [5, 5.41) is 10.9. The van der Waals surface area contributed by atoms with E-state index in [2.05, 4.69) is 155 Å². The van der Waals surface area contributed by atoms with Crippen molar-refractivity contribution in [2.45, 2.75) is 0 Å². The lowest BCUT2D eigenvalue weighted by molar-refractivity contribution is 0.486. The molecule has 9 aromatic carbocycles. The van der Waals surface area contributed by atoms with Gasteiger partial charge in [-0.05, 0) is 82.9 Å². The van der Waals surface area contributed by atoms with Crippen LogP contribution in [-0.4, -0.2) is 19.1 Å². The first kappa shape index (κ1) is 30.6. The lowest BCUT2D eigenvalue weighted by Crippen LogP contribution is -2.02. The van der Waals surface area contributed by atoms with Crippen molar-refractivity contribution < 1.29 is 4.74 Å². The zero-order valence-corrected chi connectivity index (χ0v) is 30.5. The molecule has 0 saturated carbocycles. The van der Waals surface area contributed by atoms with Crippen LogP contribution in [0.1, 0.15) is 0 Å². The Labute approximate surface area is 326 Å². The number of fused-ring (bicyclic) bond motifs is 13. The zero-order chi connectivity index (χ0) is 37.2. The molecule has 0 radical (unpaired) electrons. The molecule has 5 heteroatoms. The van der Waals surface area contributed by atoms with Crippen LogP contribution in [0.5, 0.6) is 11.5 Å². The molecule has 264 valence electrons. The monoisotopic (exact) mass is 726 g/mol. The Balaban J connectivity index is 1.07. The molecule has 5 nitrogen and oxygen atoms in total. The Kier molecular flexibility index (Phi) is 6.10. The van der Waals surface area contributed by atoms with Gasteiger partial charge in [0, 0.05) is 49.4 Å². The van der Waals surface area contributed by atoms with Crippen molar-refractivity contribution in [3.8, 4) is 45.5 Å². The molecule has 0 amide bonds. The van der Waals surface area contributed by atoms with E-state index in [0.717, 1.165) is 61.6 Å². The third kappa shape index (κ3) is 4.23. The Morgan fingerprint density at radius 2 is 1.09 bits per heavy atom. The van der Waals surface area contributed by atoms with Crippen LogP contribution in [0.25, 0.3) is 110 Å². The molecular weight excluding hydrogens is 697 g/mol. The van der Waals surface area contributed by atoms with Crippen LogP contribution in [0.3, 0.4) is 0 Å². The Morgan fingerprint density at radius 1 is 0.404 bits per heavy atom. The van der Waals surface area contributed by atoms with Gasteiger partial charge in [0.25, 0.3) is 0 Å². The van der Waals surface area contributed by atoms with Gasteiger partial charge in [-0.2, -0.15) is 0 Å². The minimum Gasteiger partial charge on any atom is -0.456 e. The molecule has 0 spiro atoms. The van der Waals surface area contributed by atoms with Gasteiger partial charge in [0.1, 0.15) is 11.5 Å². The standard InChI is InChI=1S/C52H30N4O/c1-2-13-33(14-3-1)56-42-20-7-4-16-35(42)38-27-25-31-24-26-37-36(47(31)51(38)56)28-29-44-48(37)39-17-5-8-21-43(39)55(44)34-15-10-12-32(30-34)52-53-41-19-11-23-46-49(41)50(54-52)40-18-6-9-22-45(40)57-46/h1-30H. The van der Waals surface area contributed by atoms with Crippen molar-refractivity contribution in [1.29, 1.82) is 0 Å². The lowest BCUT2D eigenvalue weighted by Gasteiger charge is -2.20. The second kappa shape index (κ2) is 11.4. The van der Waals surface area contributed by atoms with Gasteiger partial charge in [-0.3, -0.25) is 0 Å². The summed E-state index contributed by atoms with van der Waals surface area (Å²) in [4.78, 5) is 10.3. The van der Waals surface area contributed by atoms with Crippen LogP contribution < -0.4 is 4.74 Å². The summed E-state index contributed by atoms with van der Waals surface area (Å²) in [6, 6.07) is 64.9. The first-order chi connectivity index (χ1) is 28.3. The second-order valence-electron chi connectivity index (χ2n) is 14.9. The van der Waals surface area contributed by atoms with Crippen LogP contribution in [0.4, 0.5) is 0 Å². The van der Waals surface area contributed by atoms with E-state index in [-0.39, 0.29) is 0 Å². The fraction of sp³-hybridized carbons (Fsp3) is 0. The highest BCUT2D eigenvalue weighted by molar-refractivity contribution is 6.31. The van der Waals surface area contributed by atoms with Crippen LogP contribution in [0, 0.1) is 0 Å². The van der Waals surface area contributed by atoms with E-state index >= 15 is 0 Å². The minimum atomic E-state index is 0.684. The second-order valence-corrected chi connectivity index (χ2v) is 14.9. The smallest absolute Gasteiger partial charge is 0.160 e. The summed E-state index contributed by atoms with van der Waals surface area (Å²) in [6.07, 6.45) is 0. The van der Waals surface area contributed by atoms with E-state index < -0.39 is 0 Å². The van der Waals surface area contributed by atoms with E-state index in [1.807, 2.05) is 36.4 Å². The summed E-state index contributed by atoms with van der Waals surface area (Å²) >= 11 is 0. The molecule has 0 saturated heterocycles. The van der Waals surface area contributed by atoms with E-state index in [4.69, 9.17) is 14.7 Å². The molecule has 0 N–H and O–H groups in total. The highest BCUT2D eigenvalue weighted by atomic mass is 16.5. The van der Waals surface area contributed by atoms with Gasteiger partial charge in [0.15, 0.2) is 5.82 Å². The number of rotatable bonds is 3. The quantitative estimate of drug-likeness (QED) is 0.170. The number of hydrogen-bond acceptors (Lipinski definition) is 3. The molecule has 0 aliphatic carbocycles. The third-order valence-electron chi connectivity index (χ3n) is 11.9. The predicted molar refractivity (Wildman–Crippen MR) is 234 cm³/mol. The fourth-order valence-corrected chi connectivity index (χ4v) is 9.48. The topological polar surface area (TPSA) is 44.9 Å². The van der Waals surface area contributed by atoms with Gasteiger partial charge < -0.3 is 13.9 Å². The maximum absolute atomic E-state index is 6.28.